The molecule has 1 saturated heterocycles. The van der Waals surface area contributed by atoms with Crippen molar-refractivity contribution in [3.05, 3.63) is 41.0 Å². The zero-order chi connectivity index (χ0) is 28.2. The van der Waals surface area contributed by atoms with Gasteiger partial charge in [0.15, 0.2) is 5.78 Å². The molecule has 0 spiro atoms. The van der Waals surface area contributed by atoms with Gasteiger partial charge < -0.3 is 15.3 Å². The normalized spacial score (nSPS) is 21.1. The Morgan fingerprint density at radius 2 is 1.82 bits per heavy atom. The summed E-state index contributed by atoms with van der Waals surface area (Å²) in [5.74, 6) is -0.0608. The van der Waals surface area contributed by atoms with Crippen LogP contribution in [-0.4, -0.2) is 57.3 Å². The molecule has 0 bridgehead atoms. The predicted octanol–water partition coefficient (Wildman–Crippen LogP) is 5.08. The average Bonchev–Trinajstić information content (AvgIpc) is 3.51. The number of Topliss-reactive ketones (excluding diaryl/α,β-unsaturated/α-hetero) is 1. The fraction of sp³-hybridized carbons (Fsp3) is 0.613. The summed E-state index contributed by atoms with van der Waals surface area (Å²) in [5, 5.41) is 13.4. The molecule has 2 heterocycles. The van der Waals surface area contributed by atoms with E-state index in [-0.39, 0.29) is 37.0 Å². The maximum absolute atomic E-state index is 13.8. The van der Waals surface area contributed by atoms with Crippen LogP contribution < -0.4 is 5.32 Å². The lowest BCUT2D eigenvalue weighted by Gasteiger charge is -2.35. The van der Waals surface area contributed by atoms with E-state index in [1.807, 2.05) is 45.3 Å². The zero-order valence-electron chi connectivity index (χ0n) is 23.7. The number of aromatic nitrogens is 1. The number of likely N-dealkylation sites (tertiary alicyclic amines) is 1. The highest BCUT2D eigenvalue weighted by molar-refractivity contribution is 7.13. The molecular formula is C31H43N3O4S. The Morgan fingerprint density at radius 1 is 1.13 bits per heavy atom. The average molecular weight is 554 g/mol. The third-order valence-electron chi connectivity index (χ3n) is 8.17. The van der Waals surface area contributed by atoms with Gasteiger partial charge in [-0.05, 0) is 48.6 Å². The first-order chi connectivity index (χ1) is 18.5. The Kier molecular flexibility index (Phi) is 9.60. The van der Waals surface area contributed by atoms with Crippen molar-refractivity contribution >= 4 is 28.9 Å². The number of aliphatic hydroxyl groups is 1. The van der Waals surface area contributed by atoms with E-state index in [1.165, 1.54) is 11.3 Å². The predicted molar refractivity (Wildman–Crippen MR) is 154 cm³/mol. The van der Waals surface area contributed by atoms with E-state index in [0.29, 0.717) is 18.8 Å². The molecule has 1 saturated carbocycles. The molecule has 1 aromatic carbocycles. The Morgan fingerprint density at radius 3 is 2.44 bits per heavy atom. The molecule has 4 rings (SSSR count). The first-order valence-electron chi connectivity index (χ1n) is 14.3. The Balaban J connectivity index is 1.38. The van der Waals surface area contributed by atoms with Gasteiger partial charge in [-0.25, -0.2) is 4.98 Å². The Labute approximate surface area is 236 Å². The molecule has 2 fully saturated rings. The summed E-state index contributed by atoms with van der Waals surface area (Å²) in [6, 6.07) is 6.75. The summed E-state index contributed by atoms with van der Waals surface area (Å²) in [4.78, 5) is 47.0. The van der Waals surface area contributed by atoms with Crippen LogP contribution in [0.15, 0.2) is 29.8 Å². The minimum absolute atomic E-state index is 0.0523. The summed E-state index contributed by atoms with van der Waals surface area (Å²) >= 11 is 1.61. The number of amides is 2. The summed E-state index contributed by atoms with van der Waals surface area (Å²) in [6.45, 7) is 7.89. The van der Waals surface area contributed by atoms with Crippen LogP contribution in [0.3, 0.4) is 0 Å². The second-order valence-electron chi connectivity index (χ2n) is 12.4. The van der Waals surface area contributed by atoms with E-state index in [4.69, 9.17) is 0 Å². The molecule has 0 unspecified atom stereocenters. The van der Waals surface area contributed by atoms with Gasteiger partial charge in [0.25, 0.3) is 0 Å². The van der Waals surface area contributed by atoms with Crippen molar-refractivity contribution in [3.8, 4) is 10.4 Å². The van der Waals surface area contributed by atoms with Crippen LogP contribution >= 0.6 is 11.3 Å². The number of nitrogens with zero attached hydrogens (tertiary/aromatic N) is 2. The van der Waals surface area contributed by atoms with Crippen LogP contribution in [0.2, 0.25) is 0 Å². The van der Waals surface area contributed by atoms with E-state index in [1.54, 1.807) is 11.3 Å². The van der Waals surface area contributed by atoms with E-state index in [0.717, 1.165) is 47.4 Å². The monoisotopic (exact) mass is 553 g/mol. The molecular weight excluding hydrogens is 510 g/mol. The molecule has 212 valence electrons. The van der Waals surface area contributed by atoms with Gasteiger partial charge in [-0.1, -0.05) is 64.3 Å². The second kappa shape index (κ2) is 12.7. The molecule has 39 heavy (non-hydrogen) atoms. The SMILES string of the molecule is Cc1ncsc1-c1ccc(CCC(=O)[C@@H]2C[C@@H](O)CN2C(=O)[C@@H](NC(=O)CC2CCCCC2)C(C)(C)C)cc1. The molecule has 1 aliphatic heterocycles. The number of benzene rings is 1. The van der Waals surface area contributed by atoms with Crippen LogP contribution in [0.4, 0.5) is 0 Å². The van der Waals surface area contributed by atoms with Crippen LogP contribution in [-0.2, 0) is 20.8 Å². The van der Waals surface area contributed by atoms with Crippen molar-refractivity contribution in [3.63, 3.8) is 0 Å². The number of carbonyl (C=O) groups is 3. The van der Waals surface area contributed by atoms with Crippen LogP contribution in [0.25, 0.3) is 10.4 Å². The largest absolute Gasteiger partial charge is 0.391 e. The van der Waals surface area contributed by atoms with Gasteiger partial charge in [-0.2, -0.15) is 0 Å². The van der Waals surface area contributed by atoms with Gasteiger partial charge >= 0.3 is 0 Å². The number of ketones is 1. The summed E-state index contributed by atoms with van der Waals surface area (Å²) in [7, 11) is 0. The third kappa shape index (κ3) is 7.54. The van der Waals surface area contributed by atoms with E-state index < -0.39 is 23.6 Å². The Hall–Kier alpha value is -2.58. The van der Waals surface area contributed by atoms with E-state index in [2.05, 4.69) is 22.4 Å². The molecule has 1 aliphatic carbocycles. The summed E-state index contributed by atoms with van der Waals surface area (Å²) < 4.78 is 0. The molecule has 2 amide bonds. The topological polar surface area (TPSA) is 99.6 Å². The number of β-amino-alcohol motifs (C(OH)–C–C–N with tert-alkyl or cyclic N) is 1. The van der Waals surface area contributed by atoms with Gasteiger partial charge in [0, 0.05) is 25.8 Å². The highest BCUT2D eigenvalue weighted by Crippen LogP contribution is 2.30. The smallest absolute Gasteiger partial charge is 0.246 e. The molecule has 3 atom stereocenters. The third-order valence-corrected chi connectivity index (χ3v) is 9.15. The minimum Gasteiger partial charge on any atom is -0.391 e. The van der Waals surface area contributed by atoms with Crippen molar-refractivity contribution in [2.75, 3.05) is 6.54 Å². The summed E-state index contributed by atoms with van der Waals surface area (Å²) in [6.07, 6.45) is 6.44. The van der Waals surface area contributed by atoms with Crippen molar-refractivity contribution in [2.45, 2.75) is 104 Å². The Bertz CT molecular complexity index is 1150. The first-order valence-corrected chi connectivity index (χ1v) is 15.2. The van der Waals surface area contributed by atoms with E-state index in [9.17, 15) is 19.5 Å². The summed E-state index contributed by atoms with van der Waals surface area (Å²) in [5.41, 5.74) is 4.48. The number of aryl methyl sites for hydroxylation is 2. The fourth-order valence-electron chi connectivity index (χ4n) is 5.89. The lowest BCUT2D eigenvalue weighted by atomic mass is 9.84. The van der Waals surface area contributed by atoms with Gasteiger partial charge in [0.1, 0.15) is 6.04 Å². The number of hydrogen-bond acceptors (Lipinski definition) is 6. The van der Waals surface area contributed by atoms with Crippen LogP contribution in [0.5, 0.6) is 0 Å². The molecule has 7 nitrogen and oxygen atoms in total. The quantitative estimate of drug-likeness (QED) is 0.451. The maximum atomic E-state index is 13.8. The standard InChI is InChI=1S/C31H43N3O4S/c1-20-28(39-19-32-20)23-13-10-21(11-14-23)12-15-26(36)25-17-24(35)18-34(25)30(38)29(31(2,3)4)33-27(37)16-22-8-6-5-7-9-22/h10-11,13-14,19,22,24-25,29,35H,5-9,12,15-18H2,1-4H3,(H,33,37)/t24-,25+,29-/m1/s1. The van der Waals surface area contributed by atoms with E-state index >= 15 is 0 Å². The number of thiazole rings is 1. The van der Waals surface area contributed by atoms with Crippen molar-refractivity contribution in [2.24, 2.45) is 11.3 Å². The minimum atomic E-state index is -0.753. The van der Waals surface area contributed by atoms with Gasteiger partial charge in [0.2, 0.25) is 11.8 Å². The number of nitrogens with one attached hydrogen (secondary N) is 1. The molecule has 2 N–H and O–H groups in total. The number of rotatable bonds is 9. The van der Waals surface area contributed by atoms with Gasteiger partial charge in [0.05, 0.1) is 28.2 Å². The van der Waals surface area contributed by atoms with Crippen molar-refractivity contribution < 1.29 is 19.5 Å². The van der Waals surface area contributed by atoms with Gasteiger partial charge in [-0.15, -0.1) is 11.3 Å². The zero-order valence-corrected chi connectivity index (χ0v) is 24.6. The van der Waals surface area contributed by atoms with Crippen molar-refractivity contribution in [1.82, 2.24) is 15.2 Å². The first kappa shape index (κ1) is 29.4. The van der Waals surface area contributed by atoms with Crippen LogP contribution in [0.1, 0.15) is 83.4 Å². The molecule has 2 aliphatic rings. The number of hydrogen-bond donors (Lipinski definition) is 2. The van der Waals surface area contributed by atoms with Crippen LogP contribution in [0, 0.1) is 18.3 Å². The van der Waals surface area contributed by atoms with Gasteiger partial charge in [-0.3, -0.25) is 14.4 Å². The second-order valence-corrected chi connectivity index (χ2v) is 13.3. The lowest BCUT2D eigenvalue weighted by molar-refractivity contribution is -0.143. The maximum Gasteiger partial charge on any atom is 0.246 e. The molecule has 8 heteroatoms. The lowest BCUT2D eigenvalue weighted by Crippen LogP contribution is -2.57. The molecule has 2 aromatic rings. The number of aliphatic hydroxyl groups excluding tert-OH is 1. The number of carbonyl (C=O) groups excluding carboxylic acids is 3. The molecule has 1 aromatic heterocycles. The highest BCUT2D eigenvalue weighted by Gasteiger charge is 2.44. The van der Waals surface area contributed by atoms with Crippen molar-refractivity contribution in [1.29, 1.82) is 0 Å². The highest BCUT2D eigenvalue weighted by atomic mass is 32.1. The fourth-order valence-corrected chi connectivity index (χ4v) is 6.70. The molecule has 0 radical (unpaired) electrons.